The standard InChI is InChI=1S/C21H23N5O6.C9H9IO3.C6H5IO.CH3F/c22-16(27)11-32-15-4-2-1-3-14(15)26-9-10-31-18(21(26)30)17(28)20(29)25-13-7-5-12(6-8-13)19(23)24;1-12-9(11)6-13-8-5-3-2-4-7(8)10;7-5-3-1-2-4-6(5)8;1-2/h1-8,17-18,28H,9-11H2,(H2,22,27)(H3,23,24)(H,25,29);2-5H,6H2,1H3;1-4,8H;1H3/t17-,18-;;;/m1.../s1/i;;;1D. The molecule has 1 aliphatic heterocycles. The Bertz CT molecular complexity index is 1890. The van der Waals surface area contributed by atoms with Crippen LogP contribution in [0.1, 0.15) is 6.93 Å². The number of amidine groups is 1. The van der Waals surface area contributed by atoms with Crippen molar-refractivity contribution in [2.45, 2.75) is 12.2 Å². The number of nitrogens with one attached hydrogen (secondary N) is 2. The molecule has 0 aromatic heterocycles. The molecule has 0 aliphatic carbocycles. The SMILES string of the molecule is COC(=O)COc1ccccc1I.N=C(N)c1ccc(NC(=O)[C@H](O)[C@H]2OCCN(c3ccccc3OCC(N)=O)C2=O)cc1.Oc1ccccc1I.[2H]CF. The van der Waals surface area contributed by atoms with Crippen LogP contribution in [0.15, 0.2) is 97.1 Å². The summed E-state index contributed by atoms with van der Waals surface area (Å²) >= 11 is 4.22. The predicted molar refractivity (Wildman–Crippen MR) is 220 cm³/mol. The lowest BCUT2D eigenvalue weighted by molar-refractivity contribution is -0.150. The number of phenols is 1. The molecule has 1 fully saturated rings. The Morgan fingerprint density at radius 3 is 2.07 bits per heavy atom. The average Bonchev–Trinajstić information content (AvgIpc) is 3.19. The third kappa shape index (κ3) is 15.3. The number of para-hydroxylation sites is 4. The van der Waals surface area contributed by atoms with E-state index in [1.807, 2.05) is 36.4 Å². The second-order valence-corrected chi connectivity index (χ2v) is 13.0. The smallest absolute Gasteiger partial charge is 0.343 e. The van der Waals surface area contributed by atoms with Gasteiger partial charge in [0, 0.05) is 17.8 Å². The molecular weight excluding hydrogens is 947 g/mol. The summed E-state index contributed by atoms with van der Waals surface area (Å²) in [5.74, 6) is -1.33. The van der Waals surface area contributed by atoms with Crippen molar-refractivity contribution in [2.24, 2.45) is 11.5 Å². The molecule has 1 aliphatic rings. The summed E-state index contributed by atoms with van der Waals surface area (Å²) < 4.78 is 37.8. The number of carbonyl (C=O) groups excluding carboxylic acids is 4. The summed E-state index contributed by atoms with van der Waals surface area (Å²) in [5, 5.41) is 29.3. The second-order valence-electron chi connectivity index (χ2n) is 10.7. The van der Waals surface area contributed by atoms with Crippen molar-refractivity contribution in [2.75, 3.05) is 50.8 Å². The van der Waals surface area contributed by atoms with E-state index < -0.39 is 37.1 Å². The third-order valence-electron chi connectivity index (χ3n) is 6.93. The summed E-state index contributed by atoms with van der Waals surface area (Å²) in [6.45, 7) is -0.186. The fourth-order valence-electron chi connectivity index (χ4n) is 4.32. The van der Waals surface area contributed by atoms with Crippen molar-refractivity contribution in [3.8, 4) is 17.2 Å². The van der Waals surface area contributed by atoms with Gasteiger partial charge in [-0.3, -0.25) is 24.2 Å². The minimum Gasteiger partial charge on any atom is -0.507 e. The minimum absolute atomic E-state index is 0.0451. The maximum atomic E-state index is 13.0. The van der Waals surface area contributed by atoms with Gasteiger partial charge in [-0.15, -0.1) is 0 Å². The van der Waals surface area contributed by atoms with Gasteiger partial charge in [-0.2, -0.15) is 0 Å². The number of phenolic OH excluding ortho intramolecular Hbond substituents is 1. The van der Waals surface area contributed by atoms with Crippen LogP contribution in [0.2, 0.25) is 0 Å². The fourth-order valence-corrected chi connectivity index (χ4v) is 5.25. The topological polar surface area (TPSA) is 237 Å². The van der Waals surface area contributed by atoms with Gasteiger partial charge >= 0.3 is 5.97 Å². The van der Waals surface area contributed by atoms with Gasteiger partial charge in [-0.25, -0.2) is 4.79 Å². The van der Waals surface area contributed by atoms with Crippen LogP contribution in [-0.2, 0) is 28.7 Å². The molecule has 0 spiro atoms. The van der Waals surface area contributed by atoms with E-state index >= 15 is 0 Å². The first-order valence-corrected chi connectivity index (χ1v) is 18.0. The van der Waals surface area contributed by atoms with Crippen LogP contribution in [0.3, 0.4) is 0 Å². The molecule has 55 heavy (non-hydrogen) atoms. The zero-order valence-electron chi connectivity index (χ0n) is 30.3. The number of aliphatic hydroxyl groups excluding tert-OH is 1. The van der Waals surface area contributed by atoms with Crippen LogP contribution >= 0.6 is 45.2 Å². The van der Waals surface area contributed by atoms with E-state index in [2.05, 4.69) is 55.2 Å². The lowest BCUT2D eigenvalue weighted by Crippen LogP contribution is -2.55. The van der Waals surface area contributed by atoms with Crippen molar-refractivity contribution in [1.29, 1.82) is 5.41 Å². The number of halogens is 3. The Morgan fingerprint density at radius 2 is 1.53 bits per heavy atom. The monoisotopic (exact) mass is 988 g/mol. The molecule has 4 aromatic rings. The predicted octanol–water partition coefficient (Wildman–Crippen LogP) is 3.99. The van der Waals surface area contributed by atoms with Gasteiger partial charge < -0.3 is 50.8 Å². The third-order valence-corrected chi connectivity index (χ3v) is 8.73. The summed E-state index contributed by atoms with van der Waals surface area (Å²) in [4.78, 5) is 48.6. The highest BCUT2D eigenvalue weighted by Gasteiger charge is 2.40. The van der Waals surface area contributed by atoms with Gasteiger partial charge in [0.25, 0.3) is 17.7 Å². The van der Waals surface area contributed by atoms with Gasteiger partial charge in [0.15, 0.2) is 25.4 Å². The zero-order chi connectivity index (χ0) is 41.6. The van der Waals surface area contributed by atoms with Gasteiger partial charge in [0.1, 0.15) is 23.1 Å². The number of carbonyl (C=O) groups is 4. The number of aliphatic hydroxyl groups is 1. The summed E-state index contributed by atoms with van der Waals surface area (Å²) in [6.07, 6.45) is -3.22. The molecule has 0 bridgehead atoms. The Kier molecular flexibility index (Phi) is 19.6. The number of esters is 1. The average molecular weight is 989 g/mol. The van der Waals surface area contributed by atoms with E-state index in [9.17, 15) is 28.7 Å². The lowest BCUT2D eigenvalue weighted by atomic mass is 10.1. The molecule has 18 heteroatoms. The molecule has 8 N–H and O–H groups in total. The Morgan fingerprint density at radius 1 is 0.964 bits per heavy atom. The molecule has 3 amide bonds. The molecule has 0 unspecified atom stereocenters. The van der Waals surface area contributed by atoms with E-state index in [0.29, 0.717) is 28.4 Å². The van der Waals surface area contributed by atoms with Crippen molar-refractivity contribution >= 4 is 86.1 Å². The van der Waals surface area contributed by atoms with Gasteiger partial charge in [-0.1, -0.05) is 36.4 Å². The number of amides is 3. The van der Waals surface area contributed by atoms with E-state index in [1.54, 1.807) is 36.4 Å². The first-order chi connectivity index (χ1) is 26.7. The summed E-state index contributed by atoms with van der Waals surface area (Å²) in [7, 11) is 0.335. The highest BCUT2D eigenvalue weighted by molar-refractivity contribution is 14.1. The number of rotatable bonds is 11. The van der Waals surface area contributed by atoms with Crippen molar-refractivity contribution < 1.29 is 54.1 Å². The maximum absolute atomic E-state index is 13.0. The van der Waals surface area contributed by atoms with Gasteiger partial charge in [0.2, 0.25) is 0 Å². The zero-order valence-corrected chi connectivity index (χ0v) is 33.6. The van der Waals surface area contributed by atoms with Gasteiger partial charge in [-0.05, 0) is 106 Å². The van der Waals surface area contributed by atoms with Gasteiger partial charge in [0.05, 0.1) is 35.1 Å². The number of hydrogen-bond acceptors (Lipinski definition) is 11. The molecule has 1 saturated heterocycles. The van der Waals surface area contributed by atoms with Crippen LogP contribution in [-0.4, -0.2) is 92.6 Å². The minimum atomic E-state index is -1.78. The largest absolute Gasteiger partial charge is 0.507 e. The molecule has 0 radical (unpaired) electrons. The number of nitrogen functional groups attached to an aromatic ring is 1. The van der Waals surface area contributed by atoms with Crippen LogP contribution in [0.25, 0.3) is 0 Å². The quantitative estimate of drug-likeness (QED) is 0.0544. The number of benzene rings is 4. The Balaban J connectivity index is 0.000000365. The number of alkyl halides is 1. The van der Waals surface area contributed by atoms with Crippen LogP contribution in [0, 0.1) is 12.5 Å². The Labute approximate surface area is 345 Å². The number of nitrogens with two attached hydrogens (primary N) is 2. The second kappa shape index (κ2) is 24.4. The van der Waals surface area contributed by atoms with Crippen molar-refractivity contribution in [3.63, 3.8) is 0 Å². The van der Waals surface area contributed by atoms with Crippen molar-refractivity contribution in [1.82, 2.24) is 0 Å². The normalized spacial score (nSPS) is 13.7. The number of ether oxygens (including phenoxy) is 4. The highest BCUT2D eigenvalue weighted by Crippen LogP contribution is 2.30. The van der Waals surface area contributed by atoms with Crippen LogP contribution in [0.5, 0.6) is 17.2 Å². The molecular formula is C37H40FI2N5O10. The number of hydrogen-bond donors (Lipinski definition) is 6. The van der Waals surface area contributed by atoms with Crippen molar-refractivity contribution in [3.05, 3.63) is 110 Å². The number of methoxy groups -OCH3 is 1. The number of morpholine rings is 1. The molecule has 4 aromatic carbocycles. The number of primary amides is 1. The first kappa shape index (κ1) is 44.3. The first-order valence-electron chi connectivity index (χ1n) is 16.5. The maximum Gasteiger partial charge on any atom is 0.343 e. The summed E-state index contributed by atoms with van der Waals surface area (Å²) in [5.41, 5.74) is 11.7. The Hall–Kier alpha value is -5.06. The molecule has 5 rings (SSSR count). The molecule has 294 valence electrons. The molecule has 2 atom stereocenters. The molecule has 15 nitrogen and oxygen atoms in total. The highest BCUT2D eigenvalue weighted by atomic mass is 127. The number of aromatic hydroxyl groups is 1. The summed E-state index contributed by atoms with van der Waals surface area (Å²) in [6, 6.07) is 27.3. The van der Waals surface area contributed by atoms with E-state index in [4.69, 9.17) is 37.6 Å². The number of anilines is 2. The molecule has 1 heterocycles. The fraction of sp³-hybridized carbons (Fsp3) is 0.216. The van der Waals surface area contributed by atoms with E-state index in [0.717, 1.165) is 7.14 Å². The van der Waals surface area contributed by atoms with E-state index in [-0.39, 0.29) is 43.9 Å². The molecule has 0 saturated carbocycles. The van der Waals surface area contributed by atoms with E-state index in [1.165, 1.54) is 36.3 Å². The lowest BCUT2D eigenvalue weighted by Gasteiger charge is -2.34. The number of nitrogens with zero attached hydrogens (tertiary/aromatic N) is 1. The van der Waals surface area contributed by atoms with Crippen LogP contribution < -0.4 is 31.2 Å². The van der Waals surface area contributed by atoms with Crippen LogP contribution in [0.4, 0.5) is 15.8 Å².